The second-order valence-corrected chi connectivity index (χ2v) is 4.57. The number of nitrogens with zero attached hydrogens (tertiary/aromatic N) is 1. The second-order valence-electron chi connectivity index (χ2n) is 3.51. The molecule has 0 aliphatic carbocycles. The van der Waals surface area contributed by atoms with Crippen LogP contribution in [0.5, 0.6) is 5.75 Å². The van der Waals surface area contributed by atoms with Crippen molar-refractivity contribution in [1.82, 2.24) is 4.98 Å². The summed E-state index contributed by atoms with van der Waals surface area (Å²) >= 11 is 1.12. The number of aromatic nitrogens is 1. The number of rotatable bonds is 2. The van der Waals surface area contributed by atoms with Gasteiger partial charge in [0.25, 0.3) is 0 Å². The Balaban J connectivity index is 2.54. The molecule has 0 bridgehead atoms. The second kappa shape index (κ2) is 4.49. The number of methoxy groups -OCH3 is 1. The van der Waals surface area contributed by atoms with E-state index in [1.807, 2.05) is 0 Å². The third-order valence-corrected chi connectivity index (χ3v) is 3.15. The Bertz CT molecular complexity index is 566. The van der Waals surface area contributed by atoms with E-state index in [0.29, 0.717) is 15.6 Å². The Labute approximate surface area is 105 Å². The highest BCUT2D eigenvalue weighted by Crippen LogP contribution is 2.37. The predicted octanol–water partition coefficient (Wildman–Crippen LogP) is 3.42. The van der Waals surface area contributed by atoms with Crippen LogP contribution >= 0.6 is 11.3 Å². The smallest absolute Gasteiger partial charge is 0.416 e. The topological polar surface area (TPSA) is 48.1 Å². The van der Waals surface area contributed by atoms with Gasteiger partial charge in [-0.25, -0.2) is 4.98 Å². The molecule has 0 saturated carbocycles. The number of hydrogen-bond donors (Lipinski definition) is 1. The van der Waals surface area contributed by atoms with Crippen LogP contribution in [0.2, 0.25) is 0 Å². The first-order chi connectivity index (χ1) is 8.40. The lowest BCUT2D eigenvalue weighted by atomic mass is 10.1. The van der Waals surface area contributed by atoms with Crippen molar-refractivity contribution in [1.29, 1.82) is 0 Å². The summed E-state index contributed by atoms with van der Waals surface area (Å²) < 4.78 is 43.0. The minimum absolute atomic E-state index is 0.145. The molecule has 2 N–H and O–H groups in total. The number of hydrogen-bond acceptors (Lipinski definition) is 4. The molecule has 0 atom stereocenters. The summed E-state index contributed by atoms with van der Waals surface area (Å²) in [6.07, 6.45) is -2.98. The van der Waals surface area contributed by atoms with E-state index in [1.54, 1.807) is 0 Å². The van der Waals surface area contributed by atoms with Crippen molar-refractivity contribution in [2.75, 3.05) is 12.8 Å². The molecule has 0 radical (unpaired) electrons. The fourth-order valence-electron chi connectivity index (χ4n) is 1.44. The van der Waals surface area contributed by atoms with Crippen LogP contribution in [0.15, 0.2) is 24.4 Å². The van der Waals surface area contributed by atoms with Crippen LogP contribution in [-0.4, -0.2) is 12.1 Å². The van der Waals surface area contributed by atoms with Crippen LogP contribution in [0.4, 0.5) is 18.3 Å². The number of alkyl halides is 3. The molecule has 96 valence electrons. The van der Waals surface area contributed by atoms with Crippen LogP contribution in [0.1, 0.15) is 5.56 Å². The average molecular weight is 274 g/mol. The minimum atomic E-state index is -4.42. The van der Waals surface area contributed by atoms with Gasteiger partial charge in [0.05, 0.1) is 17.6 Å². The normalized spacial score (nSPS) is 11.6. The number of thiazole rings is 1. The lowest BCUT2D eigenvalue weighted by Crippen LogP contribution is -2.05. The zero-order valence-corrected chi connectivity index (χ0v) is 10.1. The van der Waals surface area contributed by atoms with Gasteiger partial charge in [-0.1, -0.05) is 11.3 Å². The molecular formula is C11H9F3N2OS. The zero-order valence-electron chi connectivity index (χ0n) is 9.28. The van der Waals surface area contributed by atoms with Gasteiger partial charge in [0, 0.05) is 6.20 Å². The molecule has 0 aliphatic heterocycles. The number of benzene rings is 1. The van der Waals surface area contributed by atoms with E-state index in [9.17, 15) is 13.2 Å². The molecule has 0 saturated heterocycles. The lowest BCUT2D eigenvalue weighted by molar-refractivity contribution is -0.137. The fraction of sp³-hybridized carbons (Fsp3) is 0.182. The zero-order chi connectivity index (χ0) is 13.3. The first-order valence-corrected chi connectivity index (χ1v) is 5.70. The third-order valence-electron chi connectivity index (χ3n) is 2.28. The average Bonchev–Trinajstić information content (AvgIpc) is 2.74. The Morgan fingerprint density at radius 1 is 1.28 bits per heavy atom. The van der Waals surface area contributed by atoms with Crippen LogP contribution in [0.3, 0.4) is 0 Å². The van der Waals surface area contributed by atoms with Gasteiger partial charge in [-0.2, -0.15) is 13.2 Å². The summed E-state index contributed by atoms with van der Waals surface area (Å²) in [5, 5.41) is 0.307. The molecular weight excluding hydrogens is 265 g/mol. The maximum atomic E-state index is 12.7. The van der Waals surface area contributed by atoms with E-state index in [0.717, 1.165) is 23.5 Å². The molecule has 1 heterocycles. The molecule has 18 heavy (non-hydrogen) atoms. The molecule has 0 aliphatic rings. The number of ether oxygens (including phenoxy) is 1. The Morgan fingerprint density at radius 3 is 2.50 bits per heavy atom. The van der Waals surface area contributed by atoms with Crippen molar-refractivity contribution in [3.05, 3.63) is 30.0 Å². The Kier molecular flexibility index (Phi) is 3.16. The fourth-order valence-corrected chi connectivity index (χ4v) is 2.12. The van der Waals surface area contributed by atoms with E-state index in [4.69, 9.17) is 10.5 Å². The highest BCUT2D eigenvalue weighted by Gasteiger charge is 2.31. The number of halogens is 3. The number of nitrogen functional groups attached to an aromatic ring is 1. The monoisotopic (exact) mass is 274 g/mol. The largest absolute Gasteiger partial charge is 0.497 e. The summed E-state index contributed by atoms with van der Waals surface area (Å²) in [5.41, 5.74) is 5.09. The van der Waals surface area contributed by atoms with Gasteiger partial charge in [0.2, 0.25) is 0 Å². The molecule has 0 fully saturated rings. The van der Waals surface area contributed by atoms with Gasteiger partial charge in [0.1, 0.15) is 5.75 Å². The van der Waals surface area contributed by atoms with Crippen LogP contribution in [-0.2, 0) is 6.18 Å². The van der Waals surface area contributed by atoms with Gasteiger partial charge in [-0.15, -0.1) is 0 Å². The summed E-state index contributed by atoms with van der Waals surface area (Å²) in [6, 6.07) is 3.52. The van der Waals surface area contributed by atoms with Crippen molar-refractivity contribution in [3.8, 4) is 16.2 Å². The molecule has 7 heteroatoms. The summed E-state index contributed by atoms with van der Waals surface area (Å²) in [5.74, 6) is 0.145. The molecule has 0 amide bonds. The molecule has 0 unspecified atom stereocenters. The summed E-state index contributed by atoms with van der Waals surface area (Å²) in [7, 11) is 1.32. The maximum Gasteiger partial charge on any atom is 0.416 e. The maximum absolute atomic E-state index is 12.7. The molecule has 0 spiro atoms. The number of anilines is 1. The van der Waals surface area contributed by atoms with Crippen LogP contribution < -0.4 is 10.5 Å². The van der Waals surface area contributed by atoms with Crippen molar-refractivity contribution >= 4 is 16.5 Å². The van der Waals surface area contributed by atoms with Gasteiger partial charge in [-0.05, 0) is 23.8 Å². The van der Waals surface area contributed by atoms with Crippen LogP contribution in [0.25, 0.3) is 10.4 Å². The molecule has 1 aromatic heterocycles. The van der Waals surface area contributed by atoms with E-state index in [2.05, 4.69) is 4.98 Å². The van der Waals surface area contributed by atoms with Gasteiger partial charge < -0.3 is 10.5 Å². The SMILES string of the molecule is COc1cc(-c2cnc(N)s2)cc(C(F)(F)F)c1. The quantitative estimate of drug-likeness (QED) is 0.912. The highest BCUT2D eigenvalue weighted by molar-refractivity contribution is 7.18. The highest BCUT2D eigenvalue weighted by atomic mass is 32.1. The Hall–Kier alpha value is -1.76. The van der Waals surface area contributed by atoms with Gasteiger partial charge in [-0.3, -0.25) is 0 Å². The lowest BCUT2D eigenvalue weighted by Gasteiger charge is -2.10. The van der Waals surface area contributed by atoms with Crippen molar-refractivity contribution in [2.45, 2.75) is 6.18 Å². The van der Waals surface area contributed by atoms with Crippen molar-refractivity contribution in [3.63, 3.8) is 0 Å². The van der Waals surface area contributed by atoms with Crippen molar-refractivity contribution in [2.24, 2.45) is 0 Å². The first kappa shape index (κ1) is 12.7. The van der Waals surface area contributed by atoms with E-state index in [1.165, 1.54) is 19.4 Å². The summed E-state index contributed by atoms with van der Waals surface area (Å²) in [6.45, 7) is 0. The van der Waals surface area contributed by atoms with Crippen LogP contribution in [0, 0.1) is 0 Å². The van der Waals surface area contributed by atoms with E-state index in [-0.39, 0.29) is 5.75 Å². The van der Waals surface area contributed by atoms with E-state index >= 15 is 0 Å². The molecule has 2 rings (SSSR count). The van der Waals surface area contributed by atoms with Gasteiger partial charge in [0.15, 0.2) is 5.13 Å². The third kappa shape index (κ3) is 2.56. The molecule has 1 aromatic carbocycles. The molecule has 3 nitrogen and oxygen atoms in total. The summed E-state index contributed by atoms with van der Waals surface area (Å²) in [4.78, 5) is 4.38. The first-order valence-electron chi connectivity index (χ1n) is 4.88. The minimum Gasteiger partial charge on any atom is -0.497 e. The predicted molar refractivity (Wildman–Crippen MR) is 63.5 cm³/mol. The standard InChI is InChI=1S/C11H9F3N2OS/c1-17-8-3-6(9-5-16-10(15)18-9)2-7(4-8)11(12,13)14/h2-5H,1H3,(H2,15,16). The van der Waals surface area contributed by atoms with Crippen molar-refractivity contribution < 1.29 is 17.9 Å². The molecule has 2 aromatic rings. The van der Waals surface area contributed by atoms with Gasteiger partial charge >= 0.3 is 6.18 Å². The Morgan fingerprint density at radius 2 is 2.00 bits per heavy atom. The number of nitrogens with two attached hydrogens (primary N) is 1. The van der Waals surface area contributed by atoms with E-state index < -0.39 is 11.7 Å².